The van der Waals surface area contributed by atoms with Crippen LogP contribution in [0.1, 0.15) is 24.4 Å². The van der Waals surface area contributed by atoms with Gasteiger partial charge in [-0.25, -0.2) is 0 Å². The highest BCUT2D eigenvalue weighted by molar-refractivity contribution is 5.49. The zero-order valence-electron chi connectivity index (χ0n) is 12.9. The Morgan fingerprint density at radius 3 is 2.61 bits per heavy atom. The van der Waals surface area contributed by atoms with Gasteiger partial charge in [-0.1, -0.05) is 12.1 Å². The molecule has 1 aromatic rings. The molecule has 0 aromatic heterocycles. The van der Waals surface area contributed by atoms with Gasteiger partial charge in [0, 0.05) is 44.2 Å². The number of rotatable bonds is 4. The summed E-state index contributed by atoms with van der Waals surface area (Å²) in [5, 5.41) is 3.24. The Hall–Kier alpha value is -1.47. The molecule has 0 saturated carbocycles. The molecule has 1 aromatic carbocycles. The Kier molecular flexibility index (Phi) is 4.96. The summed E-state index contributed by atoms with van der Waals surface area (Å²) in [7, 11) is 0. The number of benzene rings is 1. The van der Waals surface area contributed by atoms with E-state index in [0.717, 1.165) is 31.7 Å². The Labute approximate surface area is 133 Å². The molecule has 0 aliphatic carbocycles. The lowest BCUT2D eigenvalue weighted by Crippen LogP contribution is -2.45. The van der Waals surface area contributed by atoms with Gasteiger partial charge in [-0.05, 0) is 12.5 Å². The lowest BCUT2D eigenvalue weighted by atomic mass is 9.97. The maximum absolute atomic E-state index is 12.8. The number of alkyl halides is 3. The zero-order chi connectivity index (χ0) is 16.3. The third-order valence-electron chi connectivity index (χ3n) is 4.25. The van der Waals surface area contributed by atoms with Crippen LogP contribution in [0.3, 0.4) is 0 Å². The number of fused-ring (bicyclic) bond motifs is 1. The molecule has 0 spiro atoms. The molecule has 7 heteroatoms. The van der Waals surface area contributed by atoms with E-state index >= 15 is 0 Å². The third kappa shape index (κ3) is 4.09. The molecule has 1 saturated heterocycles. The smallest absolute Gasteiger partial charge is 0.389 e. The number of ether oxygens (including phenoxy) is 2. The molecule has 0 bridgehead atoms. The van der Waals surface area contributed by atoms with E-state index in [1.807, 2.05) is 12.1 Å². The molecule has 2 aliphatic rings. The fourth-order valence-electron chi connectivity index (χ4n) is 3.19. The number of piperazine rings is 1. The largest absolute Gasteiger partial charge is 0.486 e. The SMILES string of the molecule is FC(F)(F)CC[C@@H](c1cccc2c1OCCO2)N1CCNCC1. The highest BCUT2D eigenvalue weighted by atomic mass is 19.4. The molecule has 23 heavy (non-hydrogen) atoms. The van der Waals surface area contributed by atoms with Gasteiger partial charge in [0.05, 0.1) is 0 Å². The summed E-state index contributed by atoms with van der Waals surface area (Å²) in [5.74, 6) is 1.23. The van der Waals surface area contributed by atoms with Crippen molar-refractivity contribution in [3.63, 3.8) is 0 Å². The van der Waals surface area contributed by atoms with Crippen molar-refractivity contribution in [1.29, 1.82) is 0 Å². The van der Waals surface area contributed by atoms with E-state index in [2.05, 4.69) is 10.2 Å². The first-order valence-corrected chi connectivity index (χ1v) is 7.94. The molecular formula is C16H21F3N2O2. The van der Waals surface area contributed by atoms with Gasteiger partial charge < -0.3 is 14.8 Å². The van der Waals surface area contributed by atoms with Crippen LogP contribution in [0.25, 0.3) is 0 Å². The van der Waals surface area contributed by atoms with Crippen LogP contribution < -0.4 is 14.8 Å². The van der Waals surface area contributed by atoms with Gasteiger partial charge in [0.15, 0.2) is 11.5 Å². The highest BCUT2D eigenvalue weighted by Gasteiger charge is 2.33. The van der Waals surface area contributed by atoms with Crippen LogP contribution in [-0.4, -0.2) is 50.5 Å². The minimum atomic E-state index is -4.15. The number of hydrogen-bond donors (Lipinski definition) is 1. The third-order valence-corrected chi connectivity index (χ3v) is 4.25. The topological polar surface area (TPSA) is 33.7 Å². The van der Waals surface area contributed by atoms with Crippen LogP contribution in [0.5, 0.6) is 11.5 Å². The van der Waals surface area contributed by atoms with Gasteiger partial charge in [0.2, 0.25) is 0 Å². The van der Waals surface area contributed by atoms with E-state index in [1.165, 1.54) is 0 Å². The zero-order valence-corrected chi connectivity index (χ0v) is 12.9. The molecular weight excluding hydrogens is 309 g/mol. The maximum Gasteiger partial charge on any atom is 0.389 e. The first-order valence-electron chi connectivity index (χ1n) is 7.94. The molecule has 1 fully saturated rings. The summed E-state index contributed by atoms with van der Waals surface area (Å²) in [4.78, 5) is 2.11. The van der Waals surface area contributed by atoms with Crippen LogP contribution in [0.15, 0.2) is 18.2 Å². The van der Waals surface area contributed by atoms with Crippen molar-refractivity contribution >= 4 is 0 Å². The highest BCUT2D eigenvalue weighted by Crippen LogP contribution is 2.41. The Bertz CT molecular complexity index is 531. The van der Waals surface area contributed by atoms with E-state index in [1.54, 1.807) is 6.07 Å². The fourth-order valence-corrected chi connectivity index (χ4v) is 3.19. The van der Waals surface area contributed by atoms with Crippen molar-refractivity contribution in [3.05, 3.63) is 23.8 Å². The van der Waals surface area contributed by atoms with Gasteiger partial charge in [-0.3, -0.25) is 4.90 Å². The Morgan fingerprint density at radius 1 is 1.13 bits per heavy atom. The summed E-state index contributed by atoms with van der Waals surface area (Å²) < 4.78 is 49.5. The monoisotopic (exact) mass is 330 g/mol. The second kappa shape index (κ2) is 6.97. The van der Waals surface area contributed by atoms with Crippen molar-refractivity contribution in [3.8, 4) is 11.5 Å². The summed E-state index contributed by atoms with van der Waals surface area (Å²) in [5.41, 5.74) is 0.799. The molecule has 1 N–H and O–H groups in total. The molecule has 1 atom stereocenters. The summed E-state index contributed by atoms with van der Waals surface area (Å²) in [6.07, 6.45) is -4.92. The number of halogens is 3. The van der Waals surface area contributed by atoms with Gasteiger partial charge in [-0.2, -0.15) is 13.2 Å². The molecule has 2 heterocycles. The van der Waals surface area contributed by atoms with E-state index in [9.17, 15) is 13.2 Å². The van der Waals surface area contributed by atoms with E-state index in [0.29, 0.717) is 24.7 Å². The molecule has 0 radical (unpaired) electrons. The second-order valence-electron chi connectivity index (χ2n) is 5.83. The van der Waals surface area contributed by atoms with Gasteiger partial charge >= 0.3 is 6.18 Å². The van der Waals surface area contributed by atoms with Crippen LogP contribution in [0, 0.1) is 0 Å². The molecule has 4 nitrogen and oxygen atoms in total. The Morgan fingerprint density at radius 2 is 1.87 bits per heavy atom. The quantitative estimate of drug-likeness (QED) is 0.920. The Balaban J connectivity index is 1.87. The summed E-state index contributed by atoms with van der Waals surface area (Å²) in [6, 6.07) is 5.18. The predicted molar refractivity (Wildman–Crippen MR) is 79.9 cm³/mol. The number of nitrogens with one attached hydrogen (secondary N) is 1. The van der Waals surface area contributed by atoms with Gasteiger partial charge in [0.1, 0.15) is 13.2 Å². The number of hydrogen-bond acceptors (Lipinski definition) is 4. The minimum absolute atomic E-state index is 0.0311. The van der Waals surface area contributed by atoms with Crippen LogP contribution in [-0.2, 0) is 0 Å². The first kappa shape index (κ1) is 16.4. The van der Waals surface area contributed by atoms with Crippen LogP contribution in [0.2, 0.25) is 0 Å². The van der Waals surface area contributed by atoms with Crippen molar-refractivity contribution in [2.24, 2.45) is 0 Å². The van der Waals surface area contributed by atoms with Crippen molar-refractivity contribution in [2.75, 3.05) is 39.4 Å². The van der Waals surface area contributed by atoms with Crippen molar-refractivity contribution < 1.29 is 22.6 Å². The van der Waals surface area contributed by atoms with Crippen LogP contribution >= 0.6 is 0 Å². The average Bonchev–Trinajstić information content (AvgIpc) is 2.55. The number of para-hydroxylation sites is 1. The van der Waals surface area contributed by atoms with Crippen molar-refractivity contribution in [2.45, 2.75) is 25.1 Å². The minimum Gasteiger partial charge on any atom is -0.486 e. The first-order chi connectivity index (χ1) is 11.0. The van der Waals surface area contributed by atoms with E-state index < -0.39 is 12.6 Å². The van der Waals surface area contributed by atoms with Crippen molar-refractivity contribution in [1.82, 2.24) is 10.2 Å². The molecule has 2 aliphatic heterocycles. The molecule has 0 unspecified atom stereocenters. The average molecular weight is 330 g/mol. The maximum atomic E-state index is 12.8. The molecule has 3 rings (SSSR count). The second-order valence-corrected chi connectivity index (χ2v) is 5.83. The van der Waals surface area contributed by atoms with E-state index in [-0.39, 0.29) is 12.5 Å². The molecule has 0 amide bonds. The van der Waals surface area contributed by atoms with Gasteiger partial charge in [-0.15, -0.1) is 0 Å². The molecule has 128 valence electrons. The summed E-state index contributed by atoms with van der Waals surface area (Å²) >= 11 is 0. The lowest BCUT2D eigenvalue weighted by Gasteiger charge is -2.36. The predicted octanol–water partition coefficient (Wildman–Crippen LogP) is 2.75. The lowest BCUT2D eigenvalue weighted by molar-refractivity contribution is -0.138. The number of nitrogens with zero attached hydrogens (tertiary/aromatic N) is 1. The standard InChI is InChI=1S/C16H21F3N2O2/c17-16(18,19)5-4-13(21-8-6-20-7-9-21)12-2-1-3-14-15(12)23-11-10-22-14/h1-3,13,20H,4-11H2/t13-/m0/s1. The normalized spacial score (nSPS) is 20.3. The van der Waals surface area contributed by atoms with Crippen LogP contribution in [0.4, 0.5) is 13.2 Å². The van der Waals surface area contributed by atoms with E-state index in [4.69, 9.17) is 9.47 Å². The van der Waals surface area contributed by atoms with Gasteiger partial charge in [0.25, 0.3) is 0 Å². The summed E-state index contributed by atoms with van der Waals surface area (Å²) in [6.45, 7) is 3.93. The fraction of sp³-hybridized carbons (Fsp3) is 0.625.